The van der Waals surface area contributed by atoms with Crippen LogP contribution in [0.3, 0.4) is 0 Å². The summed E-state index contributed by atoms with van der Waals surface area (Å²) in [6.07, 6.45) is 4.83. The lowest BCUT2D eigenvalue weighted by Gasteiger charge is -2.04. The van der Waals surface area contributed by atoms with Crippen LogP contribution >= 0.6 is 0 Å². The highest BCUT2D eigenvalue weighted by Crippen LogP contribution is 2.19. The second kappa shape index (κ2) is 8.47. The number of carboxylic acid groups (broad SMARTS) is 2. The monoisotopic (exact) mass is 333 g/mol. The Morgan fingerprint density at radius 3 is 2.62 bits per heavy atom. The molecule has 1 aromatic heterocycles. The van der Waals surface area contributed by atoms with Crippen LogP contribution in [-0.2, 0) is 16.0 Å². The highest BCUT2D eigenvalue weighted by Gasteiger charge is 2.20. The standard InChI is InChI=1S/C12H14N2O2.C5H9NO2/c13-10(12(15)16)6-5-8-7-14-11-4-2-1-3-9(8)11;7-5(8)4-2-1-3-6-4/h1-4,7,10,14H,5-6,13H2,(H,15,16);4,6H,1-3H2,(H,7,8)/t;4-/m.1/s1. The van der Waals surface area contributed by atoms with Gasteiger partial charge in [-0.25, -0.2) is 0 Å². The van der Waals surface area contributed by atoms with Crippen molar-refractivity contribution < 1.29 is 19.8 Å². The minimum atomic E-state index is -0.945. The molecular formula is C17H23N3O4. The molecule has 0 amide bonds. The Morgan fingerprint density at radius 1 is 1.29 bits per heavy atom. The van der Waals surface area contributed by atoms with Crippen molar-refractivity contribution in [2.24, 2.45) is 5.73 Å². The molecule has 0 spiro atoms. The van der Waals surface area contributed by atoms with Gasteiger partial charge in [0.15, 0.2) is 0 Å². The summed E-state index contributed by atoms with van der Waals surface area (Å²) in [7, 11) is 0. The third kappa shape index (κ3) is 4.81. The van der Waals surface area contributed by atoms with Crippen LogP contribution < -0.4 is 11.1 Å². The highest BCUT2D eigenvalue weighted by molar-refractivity contribution is 5.83. The Kier molecular flexibility index (Phi) is 6.34. The minimum Gasteiger partial charge on any atom is -0.480 e. The van der Waals surface area contributed by atoms with E-state index in [-0.39, 0.29) is 6.04 Å². The van der Waals surface area contributed by atoms with Crippen molar-refractivity contribution in [1.29, 1.82) is 0 Å². The second-order valence-electron chi connectivity index (χ2n) is 5.83. The van der Waals surface area contributed by atoms with Gasteiger partial charge >= 0.3 is 11.9 Å². The van der Waals surface area contributed by atoms with E-state index in [4.69, 9.17) is 15.9 Å². The number of nitrogens with one attached hydrogen (secondary N) is 2. The summed E-state index contributed by atoms with van der Waals surface area (Å²) in [6.45, 7) is 0.858. The van der Waals surface area contributed by atoms with Crippen molar-refractivity contribution in [3.63, 3.8) is 0 Å². The summed E-state index contributed by atoms with van der Waals surface area (Å²) in [5.74, 6) is -1.66. The third-order valence-corrected chi connectivity index (χ3v) is 4.08. The van der Waals surface area contributed by atoms with Crippen molar-refractivity contribution in [1.82, 2.24) is 10.3 Å². The molecule has 1 aliphatic heterocycles. The zero-order chi connectivity index (χ0) is 17.5. The molecule has 1 fully saturated rings. The molecule has 6 N–H and O–H groups in total. The third-order valence-electron chi connectivity index (χ3n) is 4.08. The first-order valence-electron chi connectivity index (χ1n) is 7.98. The fourth-order valence-corrected chi connectivity index (χ4v) is 2.67. The molecule has 0 aliphatic carbocycles. The van der Waals surface area contributed by atoms with Gasteiger partial charge in [0.2, 0.25) is 0 Å². The molecule has 1 aromatic carbocycles. The Bertz CT molecular complexity index is 692. The molecule has 0 saturated carbocycles. The quantitative estimate of drug-likeness (QED) is 0.561. The van der Waals surface area contributed by atoms with E-state index < -0.39 is 18.0 Å². The lowest BCUT2D eigenvalue weighted by atomic mass is 10.1. The Balaban J connectivity index is 0.000000219. The van der Waals surface area contributed by atoms with Gasteiger partial charge in [-0.3, -0.25) is 9.59 Å². The van der Waals surface area contributed by atoms with E-state index in [0.717, 1.165) is 35.9 Å². The number of fused-ring (bicyclic) bond motifs is 1. The lowest BCUT2D eigenvalue weighted by molar-refractivity contribution is -0.139. The van der Waals surface area contributed by atoms with Crippen molar-refractivity contribution >= 4 is 22.8 Å². The number of rotatable bonds is 5. The van der Waals surface area contributed by atoms with E-state index in [1.165, 1.54) is 0 Å². The number of carbonyl (C=O) groups is 2. The zero-order valence-electron chi connectivity index (χ0n) is 13.4. The van der Waals surface area contributed by atoms with Crippen molar-refractivity contribution in [2.75, 3.05) is 6.54 Å². The van der Waals surface area contributed by atoms with Gasteiger partial charge in [-0.1, -0.05) is 18.2 Å². The van der Waals surface area contributed by atoms with Gasteiger partial charge < -0.3 is 26.2 Å². The Hall–Kier alpha value is -2.38. The summed E-state index contributed by atoms with van der Waals surface area (Å²) in [6, 6.07) is 6.90. The number of aryl methyl sites for hydroxylation is 1. The number of aromatic nitrogens is 1. The maximum absolute atomic E-state index is 10.6. The molecule has 7 nitrogen and oxygen atoms in total. The molecular weight excluding hydrogens is 310 g/mol. The highest BCUT2D eigenvalue weighted by atomic mass is 16.4. The number of aliphatic carboxylic acids is 2. The first kappa shape index (κ1) is 18.0. The number of hydrogen-bond donors (Lipinski definition) is 5. The summed E-state index contributed by atoms with van der Waals surface area (Å²) in [5, 5.41) is 21.0. The summed E-state index contributed by atoms with van der Waals surface area (Å²) in [5.41, 5.74) is 7.66. The van der Waals surface area contributed by atoms with Crippen molar-refractivity contribution in [2.45, 2.75) is 37.8 Å². The van der Waals surface area contributed by atoms with E-state index in [1.807, 2.05) is 30.5 Å². The van der Waals surface area contributed by atoms with Gasteiger partial charge in [-0.05, 0) is 43.9 Å². The molecule has 7 heteroatoms. The maximum Gasteiger partial charge on any atom is 0.320 e. The number of para-hydroxylation sites is 1. The molecule has 2 atom stereocenters. The van der Waals surface area contributed by atoms with E-state index in [0.29, 0.717) is 12.8 Å². The van der Waals surface area contributed by atoms with Crippen LogP contribution in [0.15, 0.2) is 30.5 Å². The first-order valence-corrected chi connectivity index (χ1v) is 7.98. The largest absolute Gasteiger partial charge is 0.480 e. The molecule has 1 aliphatic rings. The van der Waals surface area contributed by atoms with Crippen LogP contribution in [0.25, 0.3) is 10.9 Å². The number of aromatic amines is 1. The summed E-state index contributed by atoms with van der Waals surface area (Å²) < 4.78 is 0. The van der Waals surface area contributed by atoms with Crippen LogP contribution in [0.1, 0.15) is 24.8 Å². The maximum atomic E-state index is 10.6. The Morgan fingerprint density at radius 2 is 2.04 bits per heavy atom. The molecule has 2 aromatic rings. The molecule has 1 saturated heterocycles. The molecule has 3 rings (SSSR count). The van der Waals surface area contributed by atoms with Crippen molar-refractivity contribution in [3.8, 4) is 0 Å². The lowest BCUT2D eigenvalue weighted by Crippen LogP contribution is -2.30. The average molecular weight is 333 g/mol. The fraction of sp³-hybridized carbons (Fsp3) is 0.412. The normalized spacial score (nSPS) is 18.0. The molecule has 24 heavy (non-hydrogen) atoms. The average Bonchev–Trinajstić information content (AvgIpc) is 3.23. The number of carboxylic acids is 2. The van der Waals surface area contributed by atoms with Crippen LogP contribution in [0, 0.1) is 0 Å². The van der Waals surface area contributed by atoms with E-state index in [1.54, 1.807) is 0 Å². The van der Waals surface area contributed by atoms with Gasteiger partial charge in [0.25, 0.3) is 0 Å². The topological polar surface area (TPSA) is 128 Å². The predicted octanol–water partition coefficient (Wildman–Crippen LogP) is 1.34. The second-order valence-corrected chi connectivity index (χ2v) is 5.83. The summed E-state index contributed by atoms with van der Waals surface area (Å²) in [4.78, 5) is 23.9. The summed E-state index contributed by atoms with van der Waals surface area (Å²) >= 11 is 0. The van der Waals surface area contributed by atoms with Crippen molar-refractivity contribution in [3.05, 3.63) is 36.0 Å². The van der Waals surface area contributed by atoms with E-state index in [9.17, 15) is 9.59 Å². The number of benzene rings is 1. The minimum absolute atomic E-state index is 0.269. The Labute approximate surface area is 139 Å². The molecule has 0 bridgehead atoms. The van der Waals surface area contributed by atoms with Crippen LogP contribution in [0.2, 0.25) is 0 Å². The van der Waals surface area contributed by atoms with Gasteiger partial charge in [-0.2, -0.15) is 0 Å². The van der Waals surface area contributed by atoms with Gasteiger partial charge in [0.1, 0.15) is 12.1 Å². The fourth-order valence-electron chi connectivity index (χ4n) is 2.67. The molecule has 0 radical (unpaired) electrons. The van der Waals surface area contributed by atoms with Gasteiger partial charge in [-0.15, -0.1) is 0 Å². The number of nitrogens with two attached hydrogens (primary N) is 1. The number of H-pyrrole nitrogens is 1. The SMILES string of the molecule is NC(CCc1c[nH]c2ccccc12)C(=O)O.O=C(O)[C@H]1CCCN1. The van der Waals surface area contributed by atoms with Crippen LogP contribution in [-0.4, -0.2) is 45.8 Å². The van der Waals surface area contributed by atoms with Gasteiger partial charge in [0, 0.05) is 17.1 Å². The van der Waals surface area contributed by atoms with Crippen LogP contribution in [0.5, 0.6) is 0 Å². The van der Waals surface area contributed by atoms with E-state index >= 15 is 0 Å². The zero-order valence-corrected chi connectivity index (χ0v) is 13.4. The molecule has 130 valence electrons. The smallest absolute Gasteiger partial charge is 0.320 e. The number of hydrogen-bond acceptors (Lipinski definition) is 4. The van der Waals surface area contributed by atoms with Gasteiger partial charge in [0.05, 0.1) is 0 Å². The van der Waals surface area contributed by atoms with Crippen LogP contribution in [0.4, 0.5) is 0 Å². The van der Waals surface area contributed by atoms with E-state index in [2.05, 4.69) is 10.3 Å². The first-order chi connectivity index (χ1) is 11.5. The molecule has 1 unspecified atom stereocenters. The molecule has 2 heterocycles. The predicted molar refractivity (Wildman–Crippen MR) is 90.9 cm³/mol.